The van der Waals surface area contributed by atoms with Gasteiger partial charge in [-0.15, -0.1) is 0 Å². The van der Waals surface area contributed by atoms with Gasteiger partial charge in [0.1, 0.15) is 5.75 Å². The molecule has 0 aliphatic rings. The molecule has 0 unspecified atom stereocenters. The van der Waals surface area contributed by atoms with Gasteiger partial charge in [-0.1, -0.05) is 13.8 Å². The molecule has 0 saturated heterocycles. The number of hydrogen-bond acceptors (Lipinski definition) is 5. The second kappa shape index (κ2) is 5.94. The van der Waals surface area contributed by atoms with Gasteiger partial charge in [-0.25, -0.2) is 0 Å². The third-order valence-electron chi connectivity index (χ3n) is 2.44. The van der Waals surface area contributed by atoms with Crippen molar-refractivity contribution in [1.82, 2.24) is 0 Å². The Morgan fingerprint density at radius 1 is 1.15 bits per heavy atom. The van der Waals surface area contributed by atoms with Crippen LogP contribution in [-0.2, 0) is 9.59 Å². The smallest absolute Gasteiger partial charge is 0.316 e. The van der Waals surface area contributed by atoms with Gasteiger partial charge in [0, 0.05) is 6.07 Å². The van der Waals surface area contributed by atoms with E-state index in [1.54, 1.807) is 34.6 Å². The van der Waals surface area contributed by atoms with Gasteiger partial charge in [0.25, 0.3) is 0 Å². The van der Waals surface area contributed by atoms with E-state index >= 15 is 0 Å². The minimum absolute atomic E-state index is 0.0287. The molecule has 0 atom stereocenters. The molecule has 0 bridgehead atoms. The van der Waals surface area contributed by atoms with Crippen molar-refractivity contribution in [2.75, 3.05) is 0 Å². The maximum atomic E-state index is 11.8. The van der Waals surface area contributed by atoms with Crippen LogP contribution in [0.5, 0.6) is 17.2 Å². The van der Waals surface area contributed by atoms with Gasteiger partial charge < -0.3 is 14.6 Å². The number of phenols is 1. The van der Waals surface area contributed by atoms with Crippen LogP contribution >= 0.6 is 0 Å². The van der Waals surface area contributed by atoms with E-state index in [2.05, 4.69) is 0 Å². The van der Waals surface area contributed by atoms with Crippen LogP contribution in [0, 0.1) is 11.3 Å². The highest BCUT2D eigenvalue weighted by Crippen LogP contribution is 2.32. The Morgan fingerprint density at radius 3 is 2.25 bits per heavy atom. The summed E-state index contributed by atoms with van der Waals surface area (Å²) < 4.78 is 10.2. The first-order chi connectivity index (χ1) is 9.11. The predicted octanol–water partition coefficient (Wildman–Crippen LogP) is 2.91. The van der Waals surface area contributed by atoms with Crippen LogP contribution in [-0.4, -0.2) is 17.0 Å². The summed E-state index contributed by atoms with van der Waals surface area (Å²) in [5, 5.41) is 9.68. The number of benzene rings is 1. The second-order valence-corrected chi connectivity index (χ2v) is 5.84. The molecule has 0 aliphatic heterocycles. The maximum absolute atomic E-state index is 11.8. The van der Waals surface area contributed by atoms with E-state index in [9.17, 15) is 14.7 Å². The van der Waals surface area contributed by atoms with E-state index < -0.39 is 17.4 Å². The van der Waals surface area contributed by atoms with Crippen LogP contribution in [0.3, 0.4) is 0 Å². The number of phenolic OH excluding ortho intramolecular Hbond substituents is 1. The van der Waals surface area contributed by atoms with E-state index in [1.807, 2.05) is 0 Å². The first-order valence-electron chi connectivity index (χ1n) is 6.38. The summed E-state index contributed by atoms with van der Waals surface area (Å²) in [6.07, 6.45) is 0. The normalized spacial score (nSPS) is 11.3. The highest BCUT2D eigenvalue weighted by atomic mass is 16.6. The summed E-state index contributed by atoms with van der Waals surface area (Å²) in [6, 6.07) is 4.07. The molecule has 20 heavy (non-hydrogen) atoms. The first kappa shape index (κ1) is 16.0. The molecule has 0 heterocycles. The van der Waals surface area contributed by atoms with E-state index in [1.165, 1.54) is 18.2 Å². The van der Waals surface area contributed by atoms with Gasteiger partial charge in [0.2, 0.25) is 0 Å². The SMILES string of the molecule is CC(C)C(=O)Oc1ccc(O)c(OC(=O)C(C)(C)C)c1. The van der Waals surface area contributed by atoms with Gasteiger partial charge in [-0.2, -0.15) is 0 Å². The Hall–Kier alpha value is -2.04. The van der Waals surface area contributed by atoms with Gasteiger partial charge in [0.05, 0.1) is 11.3 Å². The molecule has 0 aromatic heterocycles. The van der Waals surface area contributed by atoms with Crippen LogP contribution in [0.15, 0.2) is 18.2 Å². The molecule has 1 aromatic rings. The molecule has 110 valence electrons. The molecule has 1 N–H and O–H groups in total. The number of rotatable bonds is 3. The summed E-state index contributed by atoms with van der Waals surface area (Å²) in [7, 11) is 0. The fourth-order valence-corrected chi connectivity index (χ4v) is 1.13. The minimum Gasteiger partial charge on any atom is -0.504 e. The lowest BCUT2D eigenvalue weighted by molar-refractivity contribution is -0.143. The molecule has 0 fully saturated rings. The van der Waals surface area contributed by atoms with Crippen molar-refractivity contribution in [3.8, 4) is 17.2 Å². The van der Waals surface area contributed by atoms with E-state index in [0.29, 0.717) is 0 Å². The molecular weight excluding hydrogens is 260 g/mol. The summed E-state index contributed by atoms with van der Waals surface area (Å²) in [5.74, 6) is -1.16. The molecule has 1 aromatic carbocycles. The molecule has 0 radical (unpaired) electrons. The molecule has 5 heteroatoms. The van der Waals surface area contributed by atoms with Crippen molar-refractivity contribution in [2.45, 2.75) is 34.6 Å². The van der Waals surface area contributed by atoms with Crippen LogP contribution in [0.4, 0.5) is 0 Å². The number of aromatic hydroxyl groups is 1. The highest BCUT2D eigenvalue weighted by Gasteiger charge is 2.25. The van der Waals surface area contributed by atoms with Crippen molar-refractivity contribution in [3.05, 3.63) is 18.2 Å². The quantitative estimate of drug-likeness (QED) is 0.680. The summed E-state index contributed by atoms with van der Waals surface area (Å²) in [4.78, 5) is 23.3. The van der Waals surface area contributed by atoms with Gasteiger partial charge in [0.15, 0.2) is 11.5 Å². The van der Waals surface area contributed by atoms with E-state index in [0.717, 1.165) is 0 Å². The zero-order valence-electron chi connectivity index (χ0n) is 12.4. The average molecular weight is 280 g/mol. The average Bonchev–Trinajstić information content (AvgIpc) is 2.31. The van der Waals surface area contributed by atoms with Crippen molar-refractivity contribution < 1.29 is 24.2 Å². The Balaban J connectivity index is 2.92. The van der Waals surface area contributed by atoms with Crippen LogP contribution in [0.2, 0.25) is 0 Å². The highest BCUT2D eigenvalue weighted by molar-refractivity contribution is 5.79. The molecular formula is C15H20O5. The number of esters is 2. The number of carbonyl (C=O) groups excluding carboxylic acids is 2. The summed E-state index contributed by atoms with van der Waals surface area (Å²) >= 11 is 0. The second-order valence-electron chi connectivity index (χ2n) is 5.84. The topological polar surface area (TPSA) is 72.8 Å². The predicted molar refractivity (Wildman–Crippen MR) is 73.7 cm³/mol. The van der Waals surface area contributed by atoms with Crippen LogP contribution in [0.25, 0.3) is 0 Å². The van der Waals surface area contributed by atoms with E-state index in [4.69, 9.17) is 9.47 Å². The molecule has 0 amide bonds. The Kier molecular flexibility index (Phi) is 4.76. The lowest BCUT2D eigenvalue weighted by Gasteiger charge is -2.17. The monoisotopic (exact) mass is 280 g/mol. The standard InChI is InChI=1S/C15H20O5/c1-9(2)13(17)19-10-6-7-11(16)12(8-10)20-14(18)15(3,4)5/h6-9,16H,1-5H3. The largest absolute Gasteiger partial charge is 0.504 e. The van der Waals surface area contributed by atoms with Crippen molar-refractivity contribution in [2.24, 2.45) is 11.3 Å². The zero-order valence-corrected chi connectivity index (χ0v) is 12.4. The third-order valence-corrected chi connectivity index (χ3v) is 2.44. The lowest BCUT2D eigenvalue weighted by atomic mass is 9.97. The fraction of sp³-hybridized carbons (Fsp3) is 0.467. The van der Waals surface area contributed by atoms with Gasteiger partial charge in [-0.05, 0) is 32.9 Å². The van der Waals surface area contributed by atoms with Crippen molar-refractivity contribution in [3.63, 3.8) is 0 Å². The Bertz CT molecular complexity index is 511. The third kappa shape index (κ3) is 4.26. The number of ether oxygens (including phenoxy) is 2. The molecule has 0 aliphatic carbocycles. The number of hydrogen-bond donors (Lipinski definition) is 1. The van der Waals surface area contributed by atoms with Crippen molar-refractivity contribution in [1.29, 1.82) is 0 Å². The number of carbonyl (C=O) groups is 2. The Labute approximate surface area is 118 Å². The fourth-order valence-electron chi connectivity index (χ4n) is 1.13. The lowest BCUT2D eigenvalue weighted by Crippen LogP contribution is -2.25. The zero-order chi connectivity index (χ0) is 15.5. The molecule has 1 rings (SSSR count). The Morgan fingerprint density at radius 2 is 1.75 bits per heavy atom. The minimum atomic E-state index is -0.697. The first-order valence-corrected chi connectivity index (χ1v) is 6.38. The van der Waals surface area contributed by atoms with Gasteiger partial charge >= 0.3 is 11.9 Å². The molecule has 0 saturated carbocycles. The maximum Gasteiger partial charge on any atom is 0.316 e. The van der Waals surface area contributed by atoms with Crippen LogP contribution < -0.4 is 9.47 Å². The summed E-state index contributed by atoms with van der Waals surface area (Å²) in [6.45, 7) is 8.53. The van der Waals surface area contributed by atoms with Gasteiger partial charge in [-0.3, -0.25) is 9.59 Å². The summed E-state index contributed by atoms with van der Waals surface area (Å²) in [5.41, 5.74) is -0.697. The molecule has 0 spiro atoms. The van der Waals surface area contributed by atoms with Crippen molar-refractivity contribution >= 4 is 11.9 Å². The van der Waals surface area contributed by atoms with E-state index in [-0.39, 0.29) is 23.2 Å². The molecule has 5 nitrogen and oxygen atoms in total. The van der Waals surface area contributed by atoms with Crippen LogP contribution in [0.1, 0.15) is 34.6 Å².